The Hall–Kier alpha value is -1.25. The van der Waals surface area contributed by atoms with E-state index in [1.54, 1.807) is 0 Å². The Morgan fingerprint density at radius 2 is 0.568 bits per heavy atom. The molecule has 0 radical (unpaired) electrons. The monoisotopic (exact) mass is 620 g/mol. The van der Waals surface area contributed by atoms with Crippen LogP contribution in [0.1, 0.15) is 20.8 Å². The number of hydrogen-bond donors (Lipinski definition) is 0. The van der Waals surface area contributed by atoms with Crippen molar-refractivity contribution in [2.45, 2.75) is 85.3 Å². The first kappa shape index (κ1) is 35.7. The second-order valence-corrected chi connectivity index (χ2v) is 11.4. The fourth-order valence-corrected chi connectivity index (χ4v) is 2.75. The van der Waals surface area contributed by atoms with Crippen LogP contribution in [0.15, 0.2) is 0 Å². The smallest absolute Gasteiger partial charge is 0.199 e. The molecule has 0 bridgehead atoms. The van der Waals surface area contributed by atoms with Gasteiger partial charge in [-0.25, -0.2) is 0 Å². The molecule has 0 amide bonds. The second kappa shape index (κ2) is 8.62. The lowest BCUT2D eigenvalue weighted by Gasteiger charge is -2.46. The van der Waals surface area contributed by atoms with Crippen LogP contribution in [0, 0.1) is 5.92 Å². The highest BCUT2D eigenvalue weighted by Crippen LogP contribution is 2.67. The predicted octanol–water partition coefficient (Wildman–Crippen LogP) is 7.47. The molecule has 0 aliphatic carbocycles. The maximum Gasteiger partial charge on any atom is 0.460 e. The van der Waals surface area contributed by atoms with E-state index in [2.05, 4.69) is 0 Å². The average Bonchev–Trinajstić information content (AvgIpc) is 2.64. The highest BCUT2D eigenvalue weighted by Gasteiger charge is 2.98. The van der Waals surface area contributed by atoms with Gasteiger partial charge in [0.15, 0.2) is 0 Å². The molecule has 0 saturated heterocycles. The van der Waals surface area contributed by atoms with Crippen molar-refractivity contribution >= 4 is 10.2 Å². The quantitative estimate of drug-likeness (QED) is 0.176. The van der Waals surface area contributed by atoms with Gasteiger partial charge in [0.2, 0.25) is 0 Å². The van der Waals surface area contributed by atoms with Crippen LogP contribution in [0.5, 0.6) is 0 Å². The molecule has 0 aromatic rings. The fraction of sp³-hybridized carbons (Fsp3) is 1.00. The first-order valence-corrected chi connectivity index (χ1v) is 9.87. The zero-order valence-corrected chi connectivity index (χ0v) is 20.0. The Morgan fingerprint density at radius 3 is 0.757 bits per heavy atom. The standard InChI is InChI=1S/C15H13F21Si/c1-4(5(2,3)37)6(16,17)7(18,19)8(20,21)9(22,23)10(24,25)11(26,27)12(28,29)13(30,31)14(32,33)15(34,35)36/h4H,1-3,37H3. The van der Waals surface area contributed by atoms with Crippen molar-refractivity contribution < 1.29 is 92.2 Å². The zero-order valence-electron chi connectivity index (χ0n) is 18.0. The van der Waals surface area contributed by atoms with Gasteiger partial charge in [0.1, 0.15) is 0 Å². The number of alkyl halides is 21. The maximum atomic E-state index is 14.0. The first-order chi connectivity index (χ1) is 15.4. The van der Waals surface area contributed by atoms with E-state index in [0.29, 0.717) is 13.8 Å². The molecule has 0 heterocycles. The number of halogens is 21. The Labute approximate surface area is 194 Å². The van der Waals surface area contributed by atoms with Crippen LogP contribution in [0.2, 0.25) is 5.04 Å². The van der Waals surface area contributed by atoms with Gasteiger partial charge in [-0.3, -0.25) is 0 Å². The summed E-state index contributed by atoms with van der Waals surface area (Å²) >= 11 is 0. The molecule has 0 N–H and O–H groups in total. The number of rotatable bonds is 10. The van der Waals surface area contributed by atoms with E-state index >= 15 is 0 Å². The van der Waals surface area contributed by atoms with Crippen LogP contribution in [-0.2, 0) is 0 Å². The van der Waals surface area contributed by atoms with Crippen LogP contribution >= 0.6 is 0 Å². The average molecular weight is 620 g/mol. The third kappa shape index (κ3) is 4.43. The summed E-state index contributed by atoms with van der Waals surface area (Å²) in [7, 11) is -0.643. The molecular weight excluding hydrogens is 607 g/mol. The van der Waals surface area contributed by atoms with Gasteiger partial charge in [0.25, 0.3) is 0 Å². The minimum atomic E-state index is -9.14. The van der Waals surface area contributed by atoms with Crippen molar-refractivity contribution in [3.63, 3.8) is 0 Å². The van der Waals surface area contributed by atoms with Gasteiger partial charge in [-0.1, -0.05) is 20.8 Å². The van der Waals surface area contributed by atoms with Gasteiger partial charge in [0.05, 0.1) is 0 Å². The van der Waals surface area contributed by atoms with Gasteiger partial charge >= 0.3 is 59.5 Å². The van der Waals surface area contributed by atoms with Gasteiger partial charge in [-0.2, -0.15) is 92.2 Å². The number of hydrogen-bond acceptors (Lipinski definition) is 0. The molecule has 0 aliphatic rings. The van der Waals surface area contributed by atoms with Crippen molar-refractivity contribution in [2.24, 2.45) is 5.92 Å². The van der Waals surface area contributed by atoms with E-state index in [1.807, 2.05) is 0 Å². The van der Waals surface area contributed by atoms with Crippen LogP contribution < -0.4 is 0 Å². The molecule has 0 spiro atoms. The van der Waals surface area contributed by atoms with Crippen molar-refractivity contribution in [2.75, 3.05) is 0 Å². The lowest BCUT2D eigenvalue weighted by Crippen LogP contribution is -2.77. The summed E-state index contributed by atoms with van der Waals surface area (Å²) in [4.78, 5) is 0. The molecule has 0 saturated carbocycles. The molecular formula is C15H13F21Si. The van der Waals surface area contributed by atoms with Gasteiger partial charge in [-0.15, -0.1) is 0 Å². The maximum absolute atomic E-state index is 14.0. The molecule has 0 fully saturated rings. The largest absolute Gasteiger partial charge is 0.460 e. The van der Waals surface area contributed by atoms with Gasteiger partial charge in [-0.05, 0) is 5.04 Å². The van der Waals surface area contributed by atoms with Crippen molar-refractivity contribution in [1.82, 2.24) is 0 Å². The SMILES string of the molecule is CC(C(C)(C)[SiH3])C(F)(F)C(F)(F)C(F)(F)C(F)(F)C(F)(F)C(F)(F)C(F)(F)C(F)(F)C(F)(F)C(F)(F)F. The summed E-state index contributed by atoms with van der Waals surface area (Å²) in [5.74, 6) is -79.6. The summed E-state index contributed by atoms with van der Waals surface area (Å²) in [5.41, 5.74) is 0. The van der Waals surface area contributed by atoms with Crippen LogP contribution in [0.3, 0.4) is 0 Å². The summed E-state index contributed by atoms with van der Waals surface area (Å²) in [6.07, 6.45) is -7.99. The summed E-state index contributed by atoms with van der Waals surface area (Å²) in [6.45, 7) is 1.21. The van der Waals surface area contributed by atoms with Crippen molar-refractivity contribution in [3.8, 4) is 0 Å². The third-order valence-electron chi connectivity index (χ3n) is 5.38. The lowest BCUT2D eigenvalue weighted by molar-refractivity contribution is -0.475. The van der Waals surface area contributed by atoms with Gasteiger partial charge in [0, 0.05) is 16.2 Å². The molecule has 0 aromatic heterocycles. The molecule has 0 aliphatic heterocycles. The van der Waals surface area contributed by atoms with Crippen molar-refractivity contribution in [3.05, 3.63) is 0 Å². The topological polar surface area (TPSA) is 0 Å². The second-order valence-electron chi connectivity index (χ2n) is 8.80. The van der Waals surface area contributed by atoms with E-state index in [4.69, 9.17) is 0 Å². The summed E-state index contributed by atoms with van der Waals surface area (Å²) in [6, 6.07) is 0. The normalized spacial score (nSPS) is 17.8. The Balaban J connectivity index is 7.17. The first-order valence-electron chi connectivity index (χ1n) is 8.87. The zero-order chi connectivity index (χ0) is 31.1. The summed E-state index contributed by atoms with van der Waals surface area (Å²) < 4.78 is 280. The summed E-state index contributed by atoms with van der Waals surface area (Å²) in [5, 5.41) is -2.15. The molecule has 1 atom stereocenters. The van der Waals surface area contributed by atoms with E-state index in [-0.39, 0.29) is 6.92 Å². The highest BCUT2D eigenvalue weighted by molar-refractivity contribution is 6.14. The van der Waals surface area contributed by atoms with Crippen LogP contribution in [0.25, 0.3) is 0 Å². The Kier molecular flexibility index (Phi) is 8.33. The Morgan fingerprint density at radius 1 is 0.378 bits per heavy atom. The minimum absolute atomic E-state index is 0.0319. The predicted molar refractivity (Wildman–Crippen MR) is 83.7 cm³/mol. The molecule has 0 nitrogen and oxygen atoms in total. The van der Waals surface area contributed by atoms with E-state index in [0.717, 1.165) is 0 Å². The molecule has 37 heavy (non-hydrogen) atoms. The van der Waals surface area contributed by atoms with E-state index in [9.17, 15) is 92.2 Å². The molecule has 224 valence electrons. The van der Waals surface area contributed by atoms with E-state index < -0.39 is 80.7 Å². The molecule has 0 rings (SSSR count). The van der Waals surface area contributed by atoms with Gasteiger partial charge < -0.3 is 0 Å². The highest BCUT2D eigenvalue weighted by atomic mass is 28.1. The van der Waals surface area contributed by atoms with Crippen molar-refractivity contribution in [1.29, 1.82) is 0 Å². The fourth-order valence-electron chi connectivity index (χ4n) is 2.39. The third-order valence-corrected chi connectivity index (χ3v) is 6.24. The van der Waals surface area contributed by atoms with Crippen LogP contribution in [0.4, 0.5) is 92.2 Å². The minimum Gasteiger partial charge on any atom is -0.199 e. The molecule has 22 heteroatoms. The Bertz CT molecular complexity index is 830. The molecule has 1 unspecified atom stereocenters. The molecule has 0 aromatic carbocycles. The van der Waals surface area contributed by atoms with Crippen LogP contribution in [-0.4, -0.2) is 69.7 Å². The lowest BCUT2D eigenvalue weighted by atomic mass is 9.81. The van der Waals surface area contributed by atoms with E-state index in [1.165, 1.54) is 0 Å².